The molecule has 5 rings (SSSR count). The molecule has 2 fully saturated rings. The van der Waals surface area contributed by atoms with Crippen LogP contribution in [0.25, 0.3) is 11.4 Å². The number of carbonyl (C=O) groups excluding carboxylic acids is 1. The monoisotopic (exact) mass is 483 g/mol. The minimum absolute atomic E-state index is 0.0658. The van der Waals surface area contributed by atoms with Crippen LogP contribution in [0.2, 0.25) is 0 Å². The number of nitriles is 1. The second-order valence-electron chi connectivity index (χ2n) is 10.00. The predicted octanol–water partition coefficient (Wildman–Crippen LogP) is 5.13. The van der Waals surface area contributed by atoms with Gasteiger partial charge >= 0.3 is 0 Å². The third kappa shape index (κ3) is 4.78. The van der Waals surface area contributed by atoms with Crippen molar-refractivity contribution in [2.75, 3.05) is 26.8 Å². The average Bonchev–Trinajstić information content (AvgIpc) is 3.35. The van der Waals surface area contributed by atoms with Gasteiger partial charge in [-0.05, 0) is 73.3 Å². The second kappa shape index (κ2) is 10.6. The van der Waals surface area contributed by atoms with E-state index in [1.165, 1.54) is 24.8 Å². The fourth-order valence-corrected chi connectivity index (χ4v) is 5.46. The molecule has 36 heavy (non-hydrogen) atoms. The number of ether oxygens (including phenoxy) is 1. The van der Waals surface area contributed by atoms with E-state index in [1.807, 2.05) is 42.2 Å². The highest BCUT2D eigenvalue weighted by Crippen LogP contribution is 2.42. The summed E-state index contributed by atoms with van der Waals surface area (Å²) in [6, 6.07) is 14.4. The lowest BCUT2D eigenvalue weighted by atomic mass is 9.77. The maximum Gasteiger partial charge on any atom is 0.254 e. The molecule has 0 radical (unpaired) electrons. The van der Waals surface area contributed by atoms with Gasteiger partial charge in [0.2, 0.25) is 0 Å². The summed E-state index contributed by atoms with van der Waals surface area (Å²) in [6.07, 6.45) is 5.96. The van der Waals surface area contributed by atoms with E-state index in [-0.39, 0.29) is 5.91 Å². The van der Waals surface area contributed by atoms with Crippen LogP contribution in [0.15, 0.2) is 36.4 Å². The van der Waals surface area contributed by atoms with Crippen LogP contribution in [0.5, 0.6) is 0 Å². The summed E-state index contributed by atoms with van der Waals surface area (Å²) < 4.78 is 5.18. The lowest BCUT2D eigenvalue weighted by Crippen LogP contribution is -2.38. The number of hydrogen-bond donors (Lipinski definition) is 1. The molecule has 1 aliphatic carbocycles. The zero-order chi connectivity index (χ0) is 25.1. The number of hydrogen-bond acceptors (Lipinski definition) is 5. The minimum atomic E-state index is 0.0658. The maximum atomic E-state index is 13.7. The number of aryl methyl sites for hydroxylation is 1. The third-order valence-electron chi connectivity index (χ3n) is 7.79. The first-order valence-corrected chi connectivity index (χ1v) is 12.9. The molecule has 1 aliphatic heterocycles. The molecule has 7 heteroatoms. The topological polar surface area (TPSA) is 94.9 Å². The Morgan fingerprint density at radius 1 is 1.14 bits per heavy atom. The van der Waals surface area contributed by atoms with Crippen LogP contribution >= 0.6 is 0 Å². The molecule has 1 amide bonds. The quantitative estimate of drug-likeness (QED) is 0.503. The van der Waals surface area contributed by atoms with Crippen molar-refractivity contribution in [2.45, 2.75) is 57.3 Å². The number of nitrogens with zero attached hydrogens (tertiary/aromatic N) is 4. The van der Waals surface area contributed by atoms with Crippen molar-refractivity contribution in [1.29, 1.82) is 5.26 Å². The maximum absolute atomic E-state index is 13.7. The van der Waals surface area contributed by atoms with Crippen LogP contribution in [0.3, 0.4) is 0 Å². The normalized spacial score (nSPS) is 16.5. The number of benzene rings is 2. The molecule has 1 saturated heterocycles. The fourth-order valence-electron chi connectivity index (χ4n) is 5.46. The predicted molar refractivity (Wildman–Crippen MR) is 138 cm³/mol. The summed E-state index contributed by atoms with van der Waals surface area (Å²) in [6.45, 7) is 3.99. The highest BCUT2D eigenvalue weighted by atomic mass is 16.5. The Bertz CT molecular complexity index is 1280. The molecule has 2 heterocycles. The van der Waals surface area contributed by atoms with Crippen LogP contribution in [-0.2, 0) is 11.2 Å². The van der Waals surface area contributed by atoms with Gasteiger partial charge in [0, 0.05) is 37.7 Å². The standard InChI is InChI=1S/C29H33N5O2/c1-19-16-25(20-7-5-8-20)26(28-31-27(32-33-28)12-15-36-2)17-24(19)29(35)34-13-10-21(11-14-34)23-9-4-3-6-22(23)18-30/h3-4,6,9,16-17,20-21H,5,7-8,10-15H2,1-2H3,(H,31,32,33). The summed E-state index contributed by atoms with van der Waals surface area (Å²) in [5, 5.41) is 17.0. The van der Waals surface area contributed by atoms with Gasteiger partial charge in [-0.2, -0.15) is 10.4 Å². The Kier molecular flexibility index (Phi) is 7.15. The molecular weight excluding hydrogens is 450 g/mol. The van der Waals surface area contributed by atoms with E-state index in [0.717, 1.165) is 46.5 Å². The van der Waals surface area contributed by atoms with Crippen LogP contribution < -0.4 is 0 Å². The number of piperidine rings is 1. The highest BCUT2D eigenvalue weighted by Gasteiger charge is 2.30. The van der Waals surface area contributed by atoms with Gasteiger partial charge in [-0.25, -0.2) is 4.98 Å². The number of likely N-dealkylation sites (tertiary alicyclic amines) is 1. The van der Waals surface area contributed by atoms with Gasteiger partial charge in [0.05, 0.1) is 18.2 Å². The van der Waals surface area contributed by atoms with E-state index < -0.39 is 0 Å². The largest absolute Gasteiger partial charge is 0.384 e. The third-order valence-corrected chi connectivity index (χ3v) is 7.79. The molecule has 0 unspecified atom stereocenters. The van der Waals surface area contributed by atoms with Crippen LogP contribution in [0, 0.1) is 18.3 Å². The summed E-state index contributed by atoms with van der Waals surface area (Å²) in [4.78, 5) is 20.4. The first-order chi connectivity index (χ1) is 17.6. The summed E-state index contributed by atoms with van der Waals surface area (Å²) in [5.41, 5.74) is 5.80. The molecule has 3 aromatic rings. The Hall–Kier alpha value is -3.50. The van der Waals surface area contributed by atoms with E-state index in [9.17, 15) is 10.1 Å². The van der Waals surface area contributed by atoms with Gasteiger partial charge in [-0.3, -0.25) is 9.89 Å². The van der Waals surface area contributed by atoms with Crippen molar-refractivity contribution in [2.24, 2.45) is 0 Å². The Morgan fingerprint density at radius 2 is 1.89 bits per heavy atom. The molecule has 2 aromatic carbocycles. The SMILES string of the molecule is COCCc1nc(-c2cc(C(=O)N3CCC(c4ccccc4C#N)CC3)c(C)cc2C2CCC2)n[nH]1. The molecule has 0 bridgehead atoms. The summed E-state index contributed by atoms with van der Waals surface area (Å²) in [7, 11) is 1.68. The van der Waals surface area contributed by atoms with Crippen molar-refractivity contribution < 1.29 is 9.53 Å². The molecule has 0 atom stereocenters. The smallest absolute Gasteiger partial charge is 0.254 e. The number of rotatable bonds is 7. The van der Waals surface area contributed by atoms with Crippen molar-refractivity contribution in [3.05, 3.63) is 70.0 Å². The van der Waals surface area contributed by atoms with Gasteiger partial charge in [-0.1, -0.05) is 30.7 Å². The van der Waals surface area contributed by atoms with Crippen molar-refractivity contribution in [1.82, 2.24) is 20.1 Å². The number of methoxy groups -OCH3 is 1. The van der Waals surface area contributed by atoms with E-state index in [1.54, 1.807) is 7.11 Å². The molecule has 2 aliphatic rings. The van der Waals surface area contributed by atoms with E-state index in [0.29, 0.717) is 43.8 Å². The Morgan fingerprint density at radius 3 is 2.58 bits per heavy atom. The molecule has 7 nitrogen and oxygen atoms in total. The van der Waals surface area contributed by atoms with Gasteiger partial charge in [-0.15, -0.1) is 0 Å². The van der Waals surface area contributed by atoms with Crippen LogP contribution in [0.1, 0.15) is 82.4 Å². The van der Waals surface area contributed by atoms with Crippen molar-refractivity contribution in [3.8, 4) is 17.5 Å². The molecule has 0 spiro atoms. The highest BCUT2D eigenvalue weighted by molar-refractivity contribution is 5.97. The lowest BCUT2D eigenvalue weighted by Gasteiger charge is -2.33. The number of aromatic amines is 1. The van der Waals surface area contributed by atoms with Crippen LogP contribution in [-0.4, -0.2) is 52.8 Å². The molecular formula is C29H33N5O2. The van der Waals surface area contributed by atoms with Gasteiger partial charge < -0.3 is 9.64 Å². The number of H-pyrrole nitrogens is 1. The molecule has 1 saturated carbocycles. The molecule has 186 valence electrons. The van der Waals surface area contributed by atoms with Gasteiger partial charge in [0.25, 0.3) is 5.91 Å². The second-order valence-corrected chi connectivity index (χ2v) is 10.00. The number of carbonyl (C=O) groups is 1. The Balaban J connectivity index is 1.38. The molecule has 1 N–H and O–H groups in total. The molecule has 1 aromatic heterocycles. The Labute approximate surface area is 212 Å². The van der Waals surface area contributed by atoms with Crippen molar-refractivity contribution >= 4 is 5.91 Å². The zero-order valence-electron chi connectivity index (χ0n) is 21.1. The first kappa shape index (κ1) is 24.2. The number of aromatic nitrogens is 3. The fraction of sp³-hybridized carbons (Fsp3) is 0.448. The van der Waals surface area contributed by atoms with E-state index in [4.69, 9.17) is 9.72 Å². The summed E-state index contributed by atoms with van der Waals surface area (Å²) in [5.74, 6) is 2.32. The lowest BCUT2D eigenvalue weighted by molar-refractivity contribution is 0.0712. The van der Waals surface area contributed by atoms with E-state index >= 15 is 0 Å². The number of nitrogens with one attached hydrogen (secondary N) is 1. The average molecular weight is 484 g/mol. The van der Waals surface area contributed by atoms with Crippen LogP contribution in [0.4, 0.5) is 0 Å². The minimum Gasteiger partial charge on any atom is -0.384 e. The van der Waals surface area contributed by atoms with Gasteiger partial charge in [0.15, 0.2) is 5.82 Å². The van der Waals surface area contributed by atoms with E-state index in [2.05, 4.69) is 22.3 Å². The summed E-state index contributed by atoms with van der Waals surface area (Å²) >= 11 is 0. The zero-order valence-corrected chi connectivity index (χ0v) is 21.1. The number of amides is 1. The van der Waals surface area contributed by atoms with Crippen molar-refractivity contribution in [3.63, 3.8) is 0 Å². The first-order valence-electron chi connectivity index (χ1n) is 12.9. The van der Waals surface area contributed by atoms with Gasteiger partial charge in [0.1, 0.15) is 5.82 Å².